The standard InChI is InChI=1S/C25H32BrN5O.C25H30BrN5/c1-15-12-21(26)13-16(2)23(15)31-18(4)17(3)22-24(28-19(5)29-25(22)31)30-10-7-20(8-11-30)6-9-27-14-32;1-15-13-21(26)14-16(2)23(15)31-18(4)17(3)22-24(28-19(5)29-25(22)31)30-11-8-20(9-12-30)7-10-27-6/h12-14,20H,6-11H2,1-5H3,(H,27,32);13-14,20H,7-12H2,1-5H3. The fourth-order valence-electron chi connectivity index (χ4n) is 10.1. The quantitative estimate of drug-likeness (QED) is 0.0829. The predicted octanol–water partition coefficient (Wildman–Crippen LogP) is 11.3. The van der Waals surface area contributed by atoms with Crippen LogP contribution in [0, 0.1) is 87.6 Å². The zero-order valence-electron chi connectivity index (χ0n) is 38.7. The number of hydrogen-bond donors (Lipinski definition) is 1. The van der Waals surface area contributed by atoms with Crippen LogP contribution in [0.4, 0.5) is 11.6 Å². The number of aryl methyl sites for hydroxylation is 8. The van der Waals surface area contributed by atoms with E-state index >= 15 is 0 Å². The summed E-state index contributed by atoms with van der Waals surface area (Å²) in [5.74, 6) is 5.04. The topological polar surface area (TPSA) is 101 Å². The number of carbonyl (C=O) groups is 1. The molecule has 63 heavy (non-hydrogen) atoms. The van der Waals surface area contributed by atoms with Crippen molar-refractivity contribution in [1.29, 1.82) is 0 Å². The maximum Gasteiger partial charge on any atom is 0.214 e. The Morgan fingerprint density at radius 2 is 1.02 bits per heavy atom. The number of fused-ring (bicyclic) bond motifs is 2. The molecule has 2 aliphatic heterocycles. The third kappa shape index (κ3) is 9.40. The molecule has 1 N–H and O–H groups in total. The highest BCUT2D eigenvalue weighted by Gasteiger charge is 2.28. The van der Waals surface area contributed by atoms with Crippen molar-refractivity contribution >= 4 is 72.0 Å². The number of halogens is 2. The molecule has 0 radical (unpaired) electrons. The normalized spacial score (nSPS) is 14.9. The van der Waals surface area contributed by atoms with Crippen molar-refractivity contribution in [2.24, 2.45) is 11.8 Å². The van der Waals surface area contributed by atoms with Crippen molar-refractivity contribution < 1.29 is 4.79 Å². The van der Waals surface area contributed by atoms with Crippen molar-refractivity contribution in [1.82, 2.24) is 34.4 Å². The lowest BCUT2D eigenvalue weighted by Gasteiger charge is -2.33. The van der Waals surface area contributed by atoms with Gasteiger partial charge in [0.1, 0.15) is 23.3 Å². The number of rotatable bonds is 10. The highest BCUT2D eigenvalue weighted by molar-refractivity contribution is 9.10. The molecule has 11 nitrogen and oxygen atoms in total. The summed E-state index contributed by atoms with van der Waals surface area (Å²) in [6.45, 7) is 33.8. The summed E-state index contributed by atoms with van der Waals surface area (Å²) in [6.07, 6.45) is 7.35. The van der Waals surface area contributed by atoms with Crippen molar-refractivity contribution in [2.75, 3.05) is 49.1 Å². The third-order valence-corrected chi connectivity index (χ3v) is 14.4. The van der Waals surface area contributed by atoms with E-state index in [1.807, 2.05) is 13.8 Å². The molecule has 0 atom stereocenters. The molecule has 2 aliphatic rings. The first-order chi connectivity index (χ1) is 30.1. The Labute approximate surface area is 390 Å². The van der Waals surface area contributed by atoms with Gasteiger partial charge in [0.05, 0.1) is 22.1 Å². The van der Waals surface area contributed by atoms with Crippen LogP contribution in [-0.4, -0.2) is 74.7 Å². The molecule has 0 unspecified atom stereocenters. The molecule has 13 heteroatoms. The van der Waals surface area contributed by atoms with Crippen LogP contribution in [0.5, 0.6) is 0 Å². The smallest absolute Gasteiger partial charge is 0.214 e. The van der Waals surface area contributed by atoms with Gasteiger partial charge >= 0.3 is 0 Å². The number of nitrogens with zero attached hydrogens (tertiary/aromatic N) is 9. The van der Waals surface area contributed by atoms with E-state index in [1.54, 1.807) is 0 Å². The summed E-state index contributed by atoms with van der Waals surface area (Å²) in [6, 6.07) is 8.68. The predicted molar refractivity (Wildman–Crippen MR) is 265 cm³/mol. The third-order valence-electron chi connectivity index (χ3n) is 13.5. The minimum absolute atomic E-state index is 0.647. The molecule has 6 aromatic rings. The summed E-state index contributed by atoms with van der Waals surface area (Å²) < 4.78 is 6.84. The lowest BCUT2D eigenvalue weighted by Crippen LogP contribution is -2.35. The number of nitrogens with one attached hydrogen (secondary N) is 1. The second-order valence-corrected chi connectivity index (χ2v) is 19.7. The van der Waals surface area contributed by atoms with Crippen LogP contribution < -0.4 is 15.1 Å². The Bertz CT molecular complexity index is 2670. The van der Waals surface area contributed by atoms with Crippen LogP contribution in [0.3, 0.4) is 0 Å². The molecule has 1 amide bonds. The first-order valence-electron chi connectivity index (χ1n) is 22.4. The fraction of sp³-hybridized carbons (Fsp3) is 0.480. The molecule has 0 saturated carbocycles. The van der Waals surface area contributed by atoms with Crippen molar-refractivity contribution in [3.8, 4) is 11.4 Å². The summed E-state index contributed by atoms with van der Waals surface area (Å²) in [5.41, 5.74) is 14.2. The van der Waals surface area contributed by atoms with Gasteiger partial charge in [0.2, 0.25) is 13.0 Å². The maximum absolute atomic E-state index is 10.5. The monoisotopic (exact) mass is 976 g/mol. The van der Waals surface area contributed by atoms with Gasteiger partial charge in [0, 0.05) is 59.5 Å². The SMILES string of the molecule is Cc1nc(N2CCC(CCNC=O)CC2)c2c(C)c(C)n(-c3c(C)cc(Br)cc3C)c2n1.[C-]#[N+]CCC1CCN(c2nc(C)nc3c2c(C)c(C)n3-c2c(C)cc(Br)cc2C)CC1. The molecular formula is C50H62Br2N10O. The number of benzene rings is 2. The number of anilines is 2. The highest BCUT2D eigenvalue weighted by Crippen LogP contribution is 2.39. The zero-order chi connectivity index (χ0) is 45.3. The van der Waals surface area contributed by atoms with E-state index in [0.29, 0.717) is 18.4 Å². The van der Waals surface area contributed by atoms with Crippen molar-refractivity contribution in [3.05, 3.63) is 101 Å². The molecule has 4 aromatic heterocycles. The average Bonchev–Trinajstić information content (AvgIpc) is 3.62. The van der Waals surface area contributed by atoms with E-state index in [2.05, 4.69) is 141 Å². The Balaban J connectivity index is 0.000000189. The number of aromatic nitrogens is 6. The molecule has 6 heterocycles. The molecule has 2 fully saturated rings. The van der Waals surface area contributed by atoms with Crippen LogP contribution >= 0.6 is 31.9 Å². The van der Waals surface area contributed by atoms with Gasteiger partial charge in [0.25, 0.3) is 0 Å². The molecule has 8 rings (SSSR count). The van der Waals surface area contributed by atoms with E-state index in [-0.39, 0.29) is 0 Å². The number of amides is 1. The number of piperidine rings is 2. The molecule has 2 aromatic carbocycles. The van der Waals surface area contributed by atoms with Crippen LogP contribution in [0.2, 0.25) is 0 Å². The van der Waals surface area contributed by atoms with Crippen LogP contribution in [0.25, 0.3) is 38.3 Å². The Morgan fingerprint density at radius 3 is 1.38 bits per heavy atom. The molecule has 0 spiro atoms. The van der Waals surface area contributed by atoms with Crippen molar-refractivity contribution in [3.63, 3.8) is 0 Å². The van der Waals surface area contributed by atoms with E-state index in [1.165, 1.54) is 61.5 Å². The molecular weight excluding hydrogens is 916 g/mol. The van der Waals surface area contributed by atoms with Gasteiger partial charge < -0.3 is 20.0 Å². The summed E-state index contributed by atoms with van der Waals surface area (Å²) in [7, 11) is 0. The number of hydrogen-bond acceptors (Lipinski definition) is 7. The van der Waals surface area contributed by atoms with Gasteiger partial charge in [-0.3, -0.25) is 13.9 Å². The van der Waals surface area contributed by atoms with Crippen molar-refractivity contribution in [2.45, 2.75) is 108 Å². The van der Waals surface area contributed by atoms with Gasteiger partial charge in [-0.2, -0.15) is 0 Å². The lowest BCUT2D eigenvalue weighted by atomic mass is 9.93. The second-order valence-electron chi connectivity index (χ2n) is 17.8. The summed E-state index contributed by atoms with van der Waals surface area (Å²) in [5, 5.41) is 5.13. The molecule has 2 saturated heterocycles. The Morgan fingerprint density at radius 1 is 0.635 bits per heavy atom. The summed E-state index contributed by atoms with van der Waals surface area (Å²) >= 11 is 7.26. The van der Waals surface area contributed by atoms with Crippen LogP contribution in [-0.2, 0) is 4.79 Å². The first kappa shape index (κ1) is 46.2. The number of carbonyl (C=O) groups excluding carboxylic acids is 1. The van der Waals surface area contributed by atoms with Gasteiger partial charge in [0.15, 0.2) is 11.3 Å². The van der Waals surface area contributed by atoms with Crippen LogP contribution in [0.1, 0.15) is 94.9 Å². The maximum atomic E-state index is 10.5. The minimum Gasteiger partial charge on any atom is -0.359 e. The second kappa shape index (κ2) is 19.5. The minimum atomic E-state index is 0.647. The van der Waals surface area contributed by atoms with Gasteiger partial charge in [-0.25, -0.2) is 26.5 Å². The Kier molecular flexibility index (Phi) is 14.3. The Hall–Kier alpha value is -4.80. The first-order valence-corrected chi connectivity index (χ1v) is 24.0. The fourth-order valence-corrected chi connectivity index (χ4v) is 11.4. The van der Waals surface area contributed by atoms with E-state index in [4.69, 9.17) is 26.5 Å². The van der Waals surface area contributed by atoms with Crippen LogP contribution in [0.15, 0.2) is 33.2 Å². The van der Waals surface area contributed by atoms with Gasteiger partial charge in [-0.1, -0.05) is 31.9 Å². The largest absolute Gasteiger partial charge is 0.359 e. The van der Waals surface area contributed by atoms with Gasteiger partial charge in [-0.15, -0.1) is 0 Å². The van der Waals surface area contributed by atoms with Gasteiger partial charge in [-0.05, 0) is 171 Å². The summed E-state index contributed by atoms with van der Waals surface area (Å²) in [4.78, 5) is 38.6. The average molecular weight is 979 g/mol. The van der Waals surface area contributed by atoms with E-state index < -0.39 is 0 Å². The lowest BCUT2D eigenvalue weighted by molar-refractivity contribution is -0.109. The zero-order valence-corrected chi connectivity index (χ0v) is 41.9. The molecule has 0 bridgehead atoms. The highest BCUT2D eigenvalue weighted by atomic mass is 79.9. The van der Waals surface area contributed by atoms with E-state index in [0.717, 1.165) is 127 Å². The molecule has 332 valence electrons. The molecule has 0 aliphatic carbocycles. The van der Waals surface area contributed by atoms with E-state index in [9.17, 15) is 4.79 Å².